The van der Waals surface area contributed by atoms with Gasteiger partial charge < -0.3 is 14.2 Å². The Morgan fingerprint density at radius 1 is 1.43 bits per heavy atom. The summed E-state index contributed by atoms with van der Waals surface area (Å²) in [6, 6.07) is 5.74. The lowest BCUT2D eigenvalue weighted by Crippen LogP contribution is -2.14. The third-order valence-corrected chi connectivity index (χ3v) is 3.79. The Bertz CT molecular complexity index is 650. The van der Waals surface area contributed by atoms with Crippen LogP contribution in [0.1, 0.15) is 25.8 Å². The van der Waals surface area contributed by atoms with E-state index >= 15 is 0 Å². The van der Waals surface area contributed by atoms with Crippen LogP contribution in [0.4, 0.5) is 0 Å². The van der Waals surface area contributed by atoms with E-state index in [1.54, 1.807) is 12.5 Å². The first kappa shape index (κ1) is 17.6. The maximum atomic E-state index is 6.24. The largest absolute Gasteiger partial charge is 0.490 e. The molecular formula is C18H24ClN3O. The lowest BCUT2D eigenvalue weighted by molar-refractivity contribution is 0.217. The van der Waals surface area contributed by atoms with E-state index < -0.39 is 0 Å². The third kappa shape index (κ3) is 4.85. The van der Waals surface area contributed by atoms with Crippen molar-refractivity contribution in [3.05, 3.63) is 53.6 Å². The molecule has 124 valence electrons. The van der Waals surface area contributed by atoms with Gasteiger partial charge in [0.05, 0.1) is 18.1 Å². The van der Waals surface area contributed by atoms with Crippen LogP contribution in [0.15, 0.2) is 43.0 Å². The van der Waals surface area contributed by atoms with Gasteiger partial charge in [-0.05, 0) is 51.7 Å². The summed E-state index contributed by atoms with van der Waals surface area (Å²) in [7, 11) is 4.08. The fraction of sp³-hybridized carbons (Fsp3) is 0.389. The zero-order chi connectivity index (χ0) is 16.8. The second kappa shape index (κ2) is 8.18. The molecule has 4 nitrogen and oxygen atoms in total. The molecule has 0 radical (unpaired) electrons. The molecule has 0 fully saturated rings. The molecule has 5 heteroatoms. The number of imidazole rings is 1. The number of hydrogen-bond acceptors (Lipinski definition) is 3. The molecule has 0 saturated carbocycles. The predicted octanol–water partition coefficient (Wildman–Crippen LogP) is 4.16. The van der Waals surface area contributed by atoms with Gasteiger partial charge >= 0.3 is 0 Å². The number of benzene rings is 1. The minimum absolute atomic E-state index is 0.146. The quantitative estimate of drug-likeness (QED) is 0.762. The summed E-state index contributed by atoms with van der Waals surface area (Å²) in [6.07, 6.45) is 8.72. The molecule has 0 aliphatic rings. The smallest absolute Gasteiger partial charge is 0.129 e. The summed E-state index contributed by atoms with van der Waals surface area (Å²) in [6.45, 7) is 4.99. The fourth-order valence-electron chi connectivity index (χ4n) is 2.13. The summed E-state index contributed by atoms with van der Waals surface area (Å²) in [5.74, 6) is 0.836. The molecule has 0 spiro atoms. The van der Waals surface area contributed by atoms with E-state index in [-0.39, 0.29) is 6.10 Å². The summed E-state index contributed by atoms with van der Waals surface area (Å²) in [5.41, 5.74) is 1.98. The summed E-state index contributed by atoms with van der Waals surface area (Å²) >= 11 is 6.24. The lowest BCUT2D eigenvalue weighted by Gasteiger charge is -2.19. The van der Waals surface area contributed by atoms with Crippen molar-refractivity contribution in [3.8, 4) is 5.75 Å². The van der Waals surface area contributed by atoms with Crippen LogP contribution in [0.3, 0.4) is 0 Å². The first-order valence-electron chi connectivity index (χ1n) is 7.81. The highest BCUT2D eigenvalue weighted by atomic mass is 35.5. The Morgan fingerprint density at radius 2 is 2.22 bits per heavy atom. The Labute approximate surface area is 143 Å². The molecule has 23 heavy (non-hydrogen) atoms. The standard InChI is InChI=1S/C18H24ClN3O/c1-5-14(2)23-18-7-6-15(19)12-16(18)17(8-10-21(3)4)22-11-9-20-13-22/h6-9,11-14H,5,10H2,1-4H3/b17-8+. The van der Waals surface area contributed by atoms with Crippen molar-refractivity contribution in [1.29, 1.82) is 0 Å². The van der Waals surface area contributed by atoms with E-state index in [9.17, 15) is 0 Å². The number of aromatic nitrogens is 2. The second-order valence-electron chi connectivity index (χ2n) is 5.80. The van der Waals surface area contributed by atoms with Crippen molar-refractivity contribution >= 4 is 17.3 Å². The summed E-state index contributed by atoms with van der Waals surface area (Å²) in [5, 5.41) is 0.687. The minimum Gasteiger partial charge on any atom is -0.490 e. The Kier molecular flexibility index (Phi) is 6.25. The highest BCUT2D eigenvalue weighted by molar-refractivity contribution is 6.30. The second-order valence-corrected chi connectivity index (χ2v) is 6.24. The number of nitrogens with zero attached hydrogens (tertiary/aromatic N) is 3. The van der Waals surface area contributed by atoms with Crippen LogP contribution >= 0.6 is 11.6 Å². The predicted molar refractivity (Wildman–Crippen MR) is 96.0 cm³/mol. The highest BCUT2D eigenvalue weighted by Gasteiger charge is 2.14. The van der Waals surface area contributed by atoms with Gasteiger partial charge in [-0.2, -0.15) is 0 Å². The van der Waals surface area contributed by atoms with E-state index in [0.717, 1.165) is 30.0 Å². The number of hydrogen-bond donors (Lipinski definition) is 0. The van der Waals surface area contributed by atoms with Gasteiger partial charge in [0.25, 0.3) is 0 Å². The van der Waals surface area contributed by atoms with E-state index in [0.29, 0.717) is 5.02 Å². The van der Waals surface area contributed by atoms with Crippen LogP contribution in [0.2, 0.25) is 5.02 Å². The normalized spacial score (nSPS) is 13.4. The van der Waals surface area contributed by atoms with Crippen LogP contribution in [0.25, 0.3) is 5.70 Å². The number of ether oxygens (including phenoxy) is 1. The van der Waals surface area contributed by atoms with Gasteiger partial charge in [-0.25, -0.2) is 4.98 Å². The maximum absolute atomic E-state index is 6.24. The molecule has 1 aromatic carbocycles. The molecule has 0 aliphatic heterocycles. The van der Waals surface area contributed by atoms with Gasteiger partial charge in [-0.1, -0.05) is 18.5 Å². The van der Waals surface area contributed by atoms with Gasteiger partial charge in [0.15, 0.2) is 0 Å². The third-order valence-electron chi connectivity index (χ3n) is 3.55. The van der Waals surface area contributed by atoms with Crippen LogP contribution in [-0.4, -0.2) is 41.2 Å². The lowest BCUT2D eigenvalue weighted by atomic mass is 10.1. The van der Waals surface area contributed by atoms with Gasteiger partial charge in [-0.15, -0.1) is 0 Å². The van der Waals surface area contributed by atoms with Gasteiger partial charge in [0, 0.05) is 29.5 Å². The minimum atomic E-state index is 0.146. The van der Waals surface area contributed by atoms with Crippen LogP contribution in [0.5, 0.6) is 5.75 Å². The maximum Gasteiger partial charge on any atom is 0.129 e. The van der Waals surface area contributed by atoms with Crippen molar-refractivity contribution < 1.29 is 4.74 Å². The number of rotatable bonds is 7. The van der Waals surface area contributed by atoms with Gasteiger partial charge in [0.1, 0.15) is 5.75 Å². The van der Waals surface area contributed by atoms with E-state index in [1.807, 2.05) is 43.1 Å². The molecule has 1 heterocycles. The summed E-state index contributed by atoms with van der Waals surface area (Å²) in [4.78, 5) is 6.27. The molecule has 2 aromatic rings. The molecule has 0 aliphatic carbocycles. The average molecular weight is 334 g/mol. The highest BCUT2D eigenvalue weighted by Crippen LogP contribution is 2.31. The Hall–Kier alpha value is -1.78. The van der Waals surface area contributed by atoms with E-state index in [2.05, 4.69) is 29.8 Å². The van der Waals surface area contributed by atoms with Crippen molar-refractivity contribution in [2.45, 2.75) is 26.4 Å². The zero-order valence-corrected chi connectivity index (χ0v) is 14.9. The van der Waals surface area contributed by atoms with Crippen molar-refractivity contribution in [2.75, 3.05) is 20.6 Å². The van der Waals surface area contributed by atoms with Crippen LogP contribution in [0, 0.1) is 0 Å². The molecule has 0 N–H and O–H groups in total. The van der Waals surface area contributed by atoms with Crippen molar-refractivity contribution in [1.82, 2.24) is 14.5 Å². The molecule has 1 aromatic heterocycles. The Balaban J connectivity index is 2.49. The molecule has 1 unspecified atom stereocenters. The van der Waals surface area contributed by atoms with Crippen molar-refractivity contribution in [2.24, 2.45) is 0 Å². The van der Waals surface area contributed by atoms with Gasteiger partial charge in [0.2, 0.25) is 0 Å². The summed E-state index contributed by atoms with van der Waals surface area (Å²) < 4.78 is 8.07. The number of likely N-dealkylation sites (N-methyl/N-ethyl adjacent to an activating group) is 1. The molecule has 2 rings (SSSR count). The van der Waals surface area contributed by atoms with Crippen LogP contribution < -0.4 is 4.74 Å². The van der Waals surface area contributed by atoms with E-state index in [1.165, 1.54) is 0 Å². The average Bonchev–Trinajstić information content (AvgIpc) is 3.03. The van der Waals surface area contributed by atoms with E-state index in [4.69, 9.17) is 16.3 Å². The SMILES string of the molecule is CCC(C)Oc1ccc(Cl)cc1/C(=C\CN(C)C)n1ccnc1. The first-order chi connectivity index (χ1) is 11.0. The fourth-order valence-corrected chi connectivity index (χ4v) is 2.30. The zero-order valence-electron chi connectivity index (χ0n) is 14.2. The molecular weight excluding hydrogens is 310 g/mol. The van der Waals surface area contributed by atoms with Crippen molar-refractivity contribution in [3.63, 3.8) is 0 Å². The molecule has 0 bridgehead atoms. The number of halogens is 1. The molecule has 1 atom stereocenters. The monoisotopic (exact) mass is 333 g/mol. The van der Waals surface area contributed by atoms with Crippen LogP contribution in [-0.2, 0) is 0 Å². The van der Waals surface area contributed by atoms with Gasteiger partial charge in [-0.3, -0.25) is 0 Å². The first-order valence-corrected chi connectivity index (χ1v) is 8.18. The Morgan fingerprint density at radius 3 is 2.83 bits per heavy atom. The topological polar surface area (TPSA) is 30.3 Å². The molecule has 0 saturated heterocycles. The molecule has 0 amide bonds.